The Bertz CT molecular complexity index is 376. The number of ether oxygens (including phenoxy) is 1. The second-order valence-corrected chi connectivity index (χ2v) is 5.57. The number of morpholine rings is 1. The summed E-state index contributed by atoms with van der Waals surface area (Å²) in [6.45, 7) is 6.10. The van der Waals surface area contributed by atoms with Gasteiger partial charge in [-0.25, -0.2) is 0 Å². The highest BCUT2D eigenvalue weighted by atomic mass is 16.5. The Morgan fingerprint density at radius 2 is 1.79 bits per heavy atom. The minimum Gasteiger partial charge on any atom is -0.378 e. The fourth-order valence-corrected chi connectivity index (χ4v) is 3.13. The van der Waals surface area contributed by atoms with E-state index in [2.05, 4.69) is 34.5 Å². The predicted molar refractivity (Wildman–Crippen MR) is 78.9 cm³/mol. The van der Waals surface area contributed by atoms with Crippen LogP contribution in [-0.2, 0) is 4.74 Å². The van der Waals surface area contributed by atoms with Crippen LogP contribution in [0.5, 0.6) is 0 Å². The average molecular weight is 260 g/mol. The van der Waals surface area contributed by atoms with Crippen LogP contribution >= 0.6 is 0 Å². The van der Waals surface area contributed by atoms with Gasteiger partial charge in [0.25, 0.3) is 0 Å². The Balaban J connectivity index is 1.67. The Morgan fingerprint density at radius 3 is 2.58 bits per heavy atom. The van der Waals surface area contributed by atoms with Crippen molar-refractivity contribution in [2.75, 3.05) is 44.3 Å². The van der Waals surface area contributed by atoms with E-state index < -0.39 is 0 Å². The lowest BCUT2D eigenvalue weighted by atomic mass is 9.92. The van der Waals surface area contributed by atoms with Crippen molar-refractivity contribution >= 4 is 5.69 Å². The molecule has 3 nitrogen and oxygen atoms in total. The molecule has 0 spiro atoms. The number of benzene rings is 1. The zero-order valence-electron chi connectivity index (χ0n) is 11.6. The van der Waals surface area contributed by atoms with Gasteiger partial charge in [0.15, 0.2) is 0 Å². The van der Waals surface area contributed by atoms with Crippen LogP contribution in [0, 0.1) is 0 Å². The summed E-state index contributed by atoms with van der Waals surface area (Å²) in [5.74, 6) is 0.744. The molecule has 3 heteroatoms. The largest absolute Gasteiger partial charge is 0.378 e. The molecule has 1 N–H and O–H groups in total. The van der Waals surface area contributed by atoms with Crippen molar-refractivity contribution in [2.24, 2.45) is 0 Å². The molecule has 0 saturated carbocycles. The molecular weight excluding hydrogens is 236 g/mol. The van der Waals surface area contributed by atoms with Gasteiger partial charge < -0.3 is 15.0 Å². The second-order valence-electron chi connectivity index (χ2n) is 5.57. The van der Waals surface area contributed by atoms with Gasteiger partial charge in [0.2, 0.25) is 0 Å². The Morgan fingerprint density at radius 1 is 1.00 bits per heavy atom. The van der Waals surface area contributed by atoms with Crippen molar-refractivity contribution in [3.05, 3.63) is 29.8 Å². The summed E-state index contributed by atoms with van der Waals surface area (Å²) in [5, 5.41) is 3.49. The molecule has 2 saturated heterocycles. The molecule has 0 radical (unpaired) electrons. The van der Waals surface area contributed by atoms with Crippen LogP contribution in [-0.4, -0.2) is 39.4 Å². The first kappa shape index (κ1) is 12.9. The van der Waals surface area contributed by atoms with Gasteiger partial charge in [-0.2, -0.15) is 0 Å². The molecule has 3 rings (SSSR count). The Kier molecular flexibility index (Phi) is 4.36. The monoisotopic (exact) mass is 260 g/mol. The Hall–Kier alpha value is -1.06. The number of hydrogen-bond donors (Lipinski definition) is 1. The van der Waals surface area contributed by atoms with Gasteiger partial charge in [-0.05, 0) is 56.0 Å². The topological polar surface area (TPSA) is 24.5 Å². The summed E-state index contributed by atoms with van der Waals surface area (Å²) < 4.78 is 5.41. The molecule has 1 unspecified atom stereocenters. The van der Waals surface area contributed by atoms with Gasteiger partial charge in [0.1, 0.15) is 0 Å². The fraction of sp³-hybridized carbons (Fsp3) is 0.625. The summed E-state index contributed by atoms with van der Waals surface area (Å²) in [6, 6.07) is 9.25. The summed E-state index contributed by atoms with van der Waals surface area (Å²) in [4.78, 5) is 2.42. The molecule has 1 aromatic rings. The summed E-state index contributed by atoms with van der Waals surface area (Å²) in [6.07, 6.45) is 3.90. The van der Waals surface area contributed by atoms with Crippen LogP contribution < -0.4 is 10.2 Å². The van der Waals surface area contributed by atoms with Crippen LogP contribution in [0.1, 0.15) is 30.7 Å². The van der Waals surface area contributed by atoms with Crippen LogP contribution in [0.3, 0.4) is 0 Å². The summed E-state index contributed by atoms with van der Waals surface area (Å²) in [5.41, 5.74) is 2.86. The molecule has 0 bridgehead atoms. The van der Waals surface area contributed by atoms with Crippen LogP contribution in [0.2, 0.25) is 0 Å². The van der Waals surface area contributed by atoms with E-state index in [0.29, 0.717) is 0 Å². The van der Waals surface area contributed by atoms with Crippen molar-refractivity contribution in [1.29, 1.82) is 0 Å². The van der Waals surface area contributed by atoms with E-state index >= 15 is 0 Å². The van der Waals surface area contributed by atoms with Gasteiger partial charge in [-0.3, -0.25) is 0 Å². The Labute approximate surface area is 115 Å². The smallest absolute Gasteiger partial charge is 0.0642 e. The molecule has 1 atom stereocenters. The SMILES string of the molecule is c1cc(N2CCOCC2)ccc1C1CCCNCC1. The molecule has 0 aliphatic carbocycles. The van der Waals surface area contributed by atoms with E-state index in [4.69, 9.17) is 4.74 Å². The number of rotatable bonds is 2. The van der Waals surface area contributed by atoms with E-state index in [9.17, 15) is 0 Å². The predicted octanol–water partition coefficient (Wildman–Crippen LogP) is 2.38. The van der Waals surface area contributed by atoms with Gasteiger partial charge in [0, 0.05) is 18.8 Å². The molecule has 0 amide bonds. The lowest BCUT2D eigenvalue weighted by molar-refractivity contribution is 0.122. The lowest BCUT2D eigenvalue weighted by Gasteiger charge is -2.29. The first-order chi connectivity index (χ1) is 9.43. The molecule has 2 heterocycles. The molecule has 2 aliphatic rings. The van der Waals surface area contributed by atoms with Crippen LogP contribution in [0.15, 0.2) is 24.3 Å². The number of nitrogens with zero attached hydrogens (tertiary/aromatic N) is 1. The first-order valence-corrected chi connectivity index (χ1v) is 7.57. The fourth-order valence-electron chi connectivity index (χ4n) is 3.13. The minimum absolute atomic E-state index is 0.744. The van der Waals surface area contributed by atoms with Gasteiger partial charge in [0.05, 0.1) is 13.2 Å². The average Bonchev–Trinajstić information content (AvgIpc) is 2.77. The highest BCUT2D eigenvalue weighted by Crippen LogP contribution is 2.28. The molecule has 0 aromatic heterocycles. The van der Waals surface area contributed by atoms with Crippen LogP contribution in [0.4, 0.5) is 5.69 Å². The quantitative estimate of drug-likeness (QED) is 0.883. The molecular formula is C16H24N2O. The van der Waals surface area contributed by atoms with Crippen molar-refractivity contribution in [3.8, 4) is 0 Å². The van der Waals surface area contributed by atoms with E-state index in [1.807, 2.05) is 0 Å². The standard InChI is InChI=1S/C16H24N2O/c1-2-14(7-9-17-8-1)15-3-5-16(6-4-15)18-10-12-19-13-11-18/h3-6,14,17H,1-2,7-13H2. The normalized spacial score (nSPS) is 25.1. The summed E-state index contributed by atoms with van der Waals surface area (Å²) >= 11 is 0. The van der Waals surface area contributed by atoms with Crippen molar-refractivity contribution < 1.29 is 4.74 Å². The number of hydrogen-bond acceptors (Lipinski definition) is 3. The molecule has 104 valence electrons. The third kappa shape index (κ3) is 3.28. The maximum Gasteiger partial charge on any atom is 0.0642 e. The van der Waals surface area contributed by atoms with Gasteiger partial charge in [-0.15, -0.1) is 0 Å². The molecule has 19 heavy (non-hydrogen) atoms. The zero-order valence-corrected chi connectivity index (χ0v) is 11.6. The van der Waals surface area contributed by atoms with Crippen molar-refractivity contribution in [3.63, 3.8) is 0 Å². The van der Waals surface area contributed by atoms with Crippen molar-refractivity contribution in [2.45, 2.75) is 25.2 Å². The summed E-state index contributed by atoms with van der Waals surface area (Å²) in [7, 11) is 0. The van der Waals surface area contributed by atoms with E-state index in [-0.39, 0.29) is 0 Å². The van der Waals surface area contributed by atoms with Gasteiger partial charge >= 0.3 is 0 Å². The molecule has 2 fully saturated rings. The third-order valence-corrected chi connectivity index (χ3v) is 4.32. The molecule has 1 aromatic carbocycles. The second kappa shape index (κ2) is 6.40. The van der Waals surface area contributed by atoms with Crippen LogP contribution in [0.25, 0.3) is 0 Å². The first-order valence-electron chi connectivity index (χ1n) is 7.57. The number of nitrogens with one attached hydrogen (secondary N) is 1. The zero-order chi connectivity index (χ0) is 12.9. The van der Waals surface area contributed by atoms with Crippen molar-refractivity contribution in [1.82, 2.24) is 5.32 Å². The minimum atomic E-state index is 0.744. The lowest BCUT2D eigenvalue weighted by Crippen LogP contribution is -2.36. The highest BCUT2D eigenvalue weighted by molar-refractivity contribution is 5.48. The highest BCUT2D eigenvalue weighted by Gasteiger charge is 2.15. The van der Waals surface area contributed by atoms with E-state index in [1.54, 1.807) is 0 Å². The van der Waals surface area contributed by atoms with E-state index in [0.717, 1.165) is 38.8 Å². The number of anilines is 1. The molecule has 2 aliphatic heterocycles. The van der Waals surface area contributed by atoms with Gasteiger partial charge in [-0.1, -0.05) is 12.1 Å². The third-order valence-electron chi connectivity index (χ3n) is 4.32. The van der Waals surface area contributed by atoms with E-state index in [1.165, 1.54) is 37.1 Å². The maximum absolute atomic E-state index is 5.41. The maximum atomic E-state index is 5.41.